The monoisotopic (exact) mass is 255 g/mol. The van der Waals surface area contributed by atoms with E-state index < -0.39 is 0 Å². The fraction of sp³-hybridized carbons (Fsp3) is 0. The van der Waals surface area contributed by atoms with Gasteiger partial charge in [0.2, 0.25) is 11.6 Å². The Morgan fingerprint density at radius 2 is 1.83 bits per heavy atom. The molecule has 0 saturated heterocycles. The van der Waals surface area contributed by atoms with Crippen LogP contribution in [0.1, 0.15) is 5.56 Å². The van der Waals surface area contributed by atoms with Crippen molar-refractivity contribution in [3.63, 3.8) is 0 Å². The van der Waals surface area contributed by atoms with Crippen molar-refractivity contribution in [3.8, 4) is 17.5 Å². The summed E-state index contributed by atoms with van der Waals surface area (Å²) in [5, 5.41) is 9.10. The second kappa shape index (κ2) is 4.13. The van der Waals surface area contributed by atoms with Crippen LogP contribution in [0, 0.1) is 11.3 Å². The average molecular weight is 256 g/mol. The maximum atomic E-state index is 8.73. The molecule has 0 N–H and O–H groups in total. The molecule has 0 aliphatic carbocycles. The van der Waals surface area contributed by atoms with Gasteiger partial charge in [0.1, 0.15) is 10.7 Å². The fourth-order valence-electron chi connectivity index (χ4n) is 1.61. The highest BCUT2D eigenvalue weighted by atomic mass is 35.5. The molecule has 0 aliphatic rings. The number of benzene rings is 1. The van der Waals surface area contributed by atoms with Crippen LogP contribution >= 0.6 is 11.6 Å². The number of halogens is 1. The van der Waals surface area contributed by atoms with Gasteiger partial charge in [-0.25, -0.2) is 4.98 Å². The van der Waals surface area contributed by atoms with Gasteiger partial charge in [-0.05, 0) is 36.4 Å². The molecule has 0 aliphatic heterocycles. The summed E-state index contributed by atoms with van der Waals surface area (Å²) in [5.74, 6) is 0.462. The maximum Gasteiger partial charge on any atom is 0.248 e. The largest absolute Gasteiger partial charge is 0.418 e. The van der Waals surface area contributed by atoms with Gasteiger partial charge in [0, 0.05) is 5.56 Å². The predicted octanol–water partition coefficient (Wildman–Crippen LogP) is 3.41. The normalized spacial score (nSPS) is 10.4. The molecule has 0 atom stereocenters. The van der Waals surface area contributed by atoms with Gasteiger partial charge in [-0.3, -0.25) is 0 Å². The molecule has 0 saturated carbocycles. The Labute approximate surface area is 107 Å². The lowest BCUT2D eigenvalue weighted by molar-refractivity contribution is 0.608. The molecule has 86 valence electrons. The van der Waals surface area contributed by atoms with Gasteiger partial charge < -0.3 is 4.42 Å². The summed E-state index contributed by atoms with van der Waals surface area (Å²) < 4.78 is 5.52. The van der Waals surface area contributed by atoms with Crippen molar-refractivity contribution >= 4 is 22.8 Å². The molecule has 0 fully saturated rings. The van der Waals surface area contributed by atoms with Crippen LogP contribution in [-0.2, 0) is 0 Å². The van der Waals surface area contributed by atoms with Crippen molar-refractivity contribution in [2.75, 3.05) is 0 Å². The lowest BCUT2D eigenvalue weighted by atomic mass is 10.1. The van der Waals surface area contributed by atoms with Crippen LogP contribution in [0.5, 0.6) is 0 Å². The third-order valence-electron chi connectivity index (χ3n) is 2.48. The third kappa shape index (κ3) is 1.81. The van der Waals surface area contributed by atoms with Crippen molar-refractivity contribution in [1.82, 2.24) is 9.97 Å². The number of fused-ring (bicyclic) bond motifs is 1. The first-order valence-electron chi connectivity index (χ1n) is 5.20. The Morgan fingerprint density at radius 3 is 2.56 bits per heavy atom. The zero-order valence-corrected chi connectivity index (χ0v) is 9.85. The van der Waals surface area contributed by atoms with Crippen molar-refractivity contribution in [1.29, 1.82) is 5.26 Å². The first-order chi connectivity index (χ1) is 8.76. The van der Waals surface area contributed by atoms with E-state index in [1.807, 2.05) is 0 Å². The quantitative estimate of drug-likeness (QED) is 0.625. The Bertz CT molecular complexity index is 756. The number of aromatic nitrogens is 2. The Morgan fingerprint density at radius 1 is 1.06 bits per heavy atom. The van der Waals surface area contributed by atoms with Gasteiger partial charge in [0.15, 0.2) is 0 Å². The molecule has 2 heterocycles. The van der Waals surface area contributed by atoms with Crippen LogP contribution in [0.2, 0.25) is 5.15 Å². The van der Waals surface area contributed by atoms with Gasteiger partial charge in [-0.15, -0.1) is 0 Å². The summed E-state index contributed by atoms with van der Waals surface area (Å²) in [6, 6.07) is 12.5. The van der Waals surface area contributed by atoms with Gasteiger partial charge in [-0.2, -0.15) is 10.2 Å². The van der Waals surface area contributed by atoms with E-state index in [1.165, 1.54) is 0 Å². The number of hydrogen-bond acceptors (Lipinski definition) is 4. The van der Waals surface area contributed by atoms with Crippen LogP contribution < -0.4 is 0 Å². The molecule has 3 rings (SSSR count). The lowest BCUT2D eigenvalue weighted by Crippen LogP contribution is -1.78. The van der Waals surface area contributed by atoms with E-state index in [0.717, 1.165) is 5.56 Å². The second-order valence-corrected chi connectivity index (χ2v) is 4.05. The molecule has 0 radical (unpaired) electrons. The van der Waals surface area contributed by atoms with E-state index in [4.69, 9.17) is 21.3 Å². The van der Waals surface area contributed by atoms with E-state index in [0.29, 0.717) is 27.8 Å². The predicted molar refractivity (Wildman–Crippen MR) is 67.0 cm³/mol. The van der Waals surface area contributed by atoms with Crippen molar-refractivity contribution < 1.29 is 4.42 Å². The van der Waals surface area contributed by atoms with Gasteiger partial charge >= 0.3 is 0 Å². The molecule has 0 amide bonds. The second-order valence-electron chi connectivity index (χ2n) is 3.67. The molecule has 0 unspecified atom stereocenters. The highest BCUT2D eigenvalue weighted by molar-refractivity contribution is 6.29. The minimum absolute atomic E-state index is 0.366. The number of oxazole rings is 1. The van der Waals surface area contributed by atoms with Gasteiger partial charge in [0.25, 0.3) is 0 Å². The number of pyridine rings is 1. The number of nitriles is 1. The lowest BCUT2D eigenvalue weighted by Gasteiger charge is -1.93. The SMILES string of the molecule is N#Cc1ccc(-c2nc3ccc(Cl)nc3o2)cc1. The van der Waals surface area contributed by atoms with Gasteiger partial charge in [0.05, 0.1) is 11.6 Å². The van der Waals surface area contributed by atoms with Crippen LogP contribution in [0.4, 0.5) is 0 Å². The summed E-state index contributed by atoms with van der Waals surface area (Å²) in [7, 11) is 0. The summed E-state index contributed by atoms with van der Waals surface area (Å²) in [6.45, 7) is 0. The zero-order valence-electron chi connectivity index (χ0n) is 9.09. The molecule has 2 aromatic heterocycles. The first-order valence-corrected chi connectivity index (χ1v) is 5.58. The number of hydrogen-bond donors (Lipinski definition) is 0. The molecule has 5 heteroatoms. The fourth-order valence-corrected chi connectivity index (χ4v) is 1.75. The molecule has 18 heavy (non-hydrogen) atoms. The molecule has 0 spiro atoms. The van der Waals surface area contributed by atoms with E-state index in [-0.39, 0.29) is 0 Å². The highest BCUT2D eigenvalue weighted by Crippen LogP contribution is 2.24. The van der Waals surface area contributed by atoms with Crippen LogP contribution in [0.3, 0.4) is 0 Å². The van der Waals surface area contributed by atoms with Crippen molar-refractivity contribution in [2.24, 2.45) is 0 Å². The summed E-state index contributed by atoms with van der Waals surface area (Å²) in [5.41, 5.74) is 2.44. The summed E-state index contributed by atoms with van der Waals surface area (Å²) in [4.78, 5) is 8.35. The minimum atomic E-state index is 0.366. The van der Waals surface area contributed by atoms with Crippen LogP contribution in [0.15, 0.2) is 40.8 Å². The van der Waals surface area contributed by atoms with Crippen LogP contribution in [-0.4, -0.2) is 9.97 Å². The average Bonchev–Trinajstić information content (AvgIpc) is 2.81. The highest BCUT2D eigenvalue weighted by Gasteiger charge is 2.09. The van der Waals surface area contributed by atoms with Crippen molar-refractivity contribution in [3.05, 3.63) is 47.1 Å². The molecule has 1 aromatic carbocycles. The molecule has 4 nitrogen and oxygen atoms in total. The third-order valence-corrected chi connectivity index (χ3v) is 2.69. The molecular formula is C13H6ClN3O. The standard InChI is InChI=1S/C13H6ClN3O/c14-11-6-5-10-13(17-11)18-12(16-10)9-3-1-8(7-15)2-4-9/h1-6H. The smallest absolute Gasteiger partial charge is 0.248 e. The van der Waals surface area contributed by atoms with E-state index in [1.54, 1.807) is 36.4 Å². The number of rotatable bonds is 1. The van der Waals surface area contributed by atoms with E-state index in [9.17, 15) is 0 Å². The van der Waals surface area contributed by atoms with Gasteiger partial charge in [-0.1, -0.05) is 11.6 Å². The van der Waals surface area contributed by atoms with Crippen LogP contribution in [0.25, 0.3) is 22.7 Å². The molecular weight excluding hydrogens is 250 g/mol. The Balaban J connectivity index is 2.10. The van der Waals surface area contributed by atoms with E-state index in [2.05, 4.69) is 16.0 Å². The Hall–Kier alpha value is -2.38. The summed E-state index contributed by atoms with van der Waals surface area (Å²) >= 11 is 5.78. The minimum Gasteiger partial charge on any atom is -0.418 e. The topological polar surface area (TPSA) is 62.7 Å². The zero-order chi connectivity index (χ0) is 12.5. The molecule has 3 aromatic rings. The maximum absolute atomic E-state index is 8.73. The van der Waals surface area contributed by atoms with Crippen molar-refractivity contribution in [2.45, 2.75) is 0 Å². The Kier molecular flexibility index (Phi) is 2.47. The number of nitrogens with zero attached hydrogens (tertiary/aromatic N) is 3. The summed E-state index contributed by atoms with van der Waals surface area (Å²) in [6.07, 6.45) is 0. The van der Waals surface area contributed by atoms with E-state index >= 15 is 0 Å². The first kappa shape index (κ1) is 10.8. The molecule has 0 bridgehead atoms.